The summed E-state index contributed by atoms with van der Waals surface area (Å²) >= 11 is 0. The van der Waals surface area contributed by atoms with E-state index < -0.39 is 23.7 Å². The van der Waals surface area contributed by atoms with E-state index in [0.29, 0.717) is 18.4 Å². The number of carbonyl (C=O) groups excluding carboxylic acids is 2. The van der Waals surface area contributed by atoms with E-state index >= 15 is 0 Å². The maximum Gasteiger partial charge on any atom is 0.442 e. The Morgan fingerprint density at radius 3 is 2.41 bits per heavy atom. The quantitative estimate of drug-likeness (QED) is 0.869. The summed E-state index contributed by atoms with van der Waals surface area (Å²) in [6, 6.07) is 7.99. The third-order valence-corrected chi connectivity index (χ3v) is 5.05. The van der Waals surface area contributed by atoms with E-state index in [9.17, 15) is 22.8 Å². The van der Waals surface area contributed by atoms with E-state index in [0.717, 1.165) is 24.2 Å². The fraction of sp³-hybridized carbons (Fsp3) is 0.526. The third kappa shape index (κ3) is 3.44. The smallest absolute Gasteiger partial charge is 0.316 e. The van der Waals surface area contributed by atoms with Gasteiger partial charge in [-0.2, -0.15) is 13.2 Å². The van der Waals surface area contributed by atoms with Gasteiger partial charge in [0.15, 0.2) is 0 Å². The number of halogens is 3. The molecule has 1 atom stereocenters. The molecule has 0 bridgehead atoms. The summed E-state index contributed by atoms with van der Waals surface area (Å²) in [6.45, 7) is 1.43. The predicted octanol–water partition coefficient (Wildman–Crippen LogP) is 3.39. The normalized spacial score (nSPS) is 24.1. The lowest BCUT2D eigenvalue weighted by Gasteiger charge is -2.34. The Labute approximate surface area is 155 Å². The number of nitrogens with zero attached hydrogens (tertiary/aromatic N) is 2. The van der Waals surface area contributed by atoms with Crippen LogP contribution in [0.15, 0.2) is 35.3 Å². The molecule has 1 aromatic rings. The van der Waals surface area contributed by atoms with Crippen LogP contribution in [-0.2, 0) is 9.59 Å². The summed E-state index contributed by atoms with van der Waals surface area (Å²) < 4.78 is 42.1. The maximum atomic E-state index is 14.0. The first-order valence-corrected chi connectivity index (χ1v) is 9.17. The van der Waals surface area contributed by atoms with Crippen LogP contribution in [0.5, 0.6) is 0 Å². The fourth-order valence-corrected chi connectivity index (χ4v) is 3.63. The van der Waals surface area contributed by atoms with Crippen molar-refractivity contribution in [3.05, 3.63) is 35.9 Å². The minimum absolute atomic E-state index is 0.0266. The topological polar surface area (TPSA) is 61.8 Å². The molecule has 146 valence electrons. The number of benzene rings is 1. The highest BCUT2D eigenvalue weighted by atomic mass is 19.4. The van der Waals surface area contributed by atoms with Crippen LogP contribution in [0.4, 0.5) is 13.2 Å². The van der Waals surface area contributed by atoms with Gasteiger partial charge in [0.2, 0.25) is 5.91 Å². The lowest BCUT2D eigenvalue weighted by Crippen LogP contribution is -2.64. The Morgan fingerprint density at radius 2 is 1.85 bits per heavy atom. The minimum Gasteiger partial charge on any atom is -0.316 e. The number of hydrogen-bond donors (Lipinski definition) is 1. The van der Waals surface area contributed by atoms with Gasteiger partial charge < -0.3 is 5.32 Å². The van der Waals surface area contributed by atoms with Gasteiger partial charge in [-0.1, -0.05) is 56.5 Å². The molecule has 1 heterocycles. The van der Waals surface area contributed by atoms with Crippen LogP contribution in [0, 0.1) is 0 Å². The first-order chi connectivity index (χ1) is 12.8. The number of carbonyl (C=O) groups is 2. The maximum absolute atomic E-state index is 14.0. The molecule has 1 fully saturated rings. The van der Waals surface area contributed by atoms with Crippen molar-refractivity contribution in [2.45, 2.75) is 63.3 Å². The summed E-state index contributed by atoms with van der Waals surface area (Å²) in [6.07, 6.45) is -1.30. The van der Waals surface area contributed by atoms with Crippen LogP contribution in [0.1, 0.15) is 51.0 Å². The minimum atomic E-state index is -5.04. The molecule has 2 amide bonds. The number of amides is 2. The van der Waals surface area contributed by atoms with Crippen molar-refractivity contribution >= 4 is 17.6 Å². The molecule has 0 spiro atoms. The van der Waals surface area contributed by atoms with Gasteiger partial charge in [0.05, 0.1) is 0 Å². The molecule has 1 aliphatic carbocycles. The Kier molecular flexibility index (Phi) is 5.26. The zero-order valence-electron chi connectivity index (χ0n) is 15.1. The molecule has 1 aromatic carbocycles. The van der Waals surface area contributed by atoms with Crippen molar-refractivity contribution in [1.29, 1.82) is 0 Å². The van der Waals surface area contributed by atoms with Crippen LogP contribution >= 0.6 is 0 Å². The number of aliphatic imine (C=N–C) groups is 1. The zero-order valence-corrected chi connectivity index (χ0v) is 15.1. The molecule has 2 aliphatic rings. The molecular weight excluding hydrogens is 359 g/mol. The Morgan fingerprint density at radius 1 is 1.22 bits per heavy atom. The van der Waals surface area contributed by atoms with Gasteiger partial charge in [0, 0.05) is 18.0 Å². The summed E-state index contributed by atoms with van der Waals surface area (Å²) in [7, 11) is 0. The zero-order chi connectivity index (χ0) is 19.7. The molecule has 27 heavy (non-hydrogen) atoms. The lowest BCUT2D eigenvalue weighted by atomic mass is 9.93. The molecule has 5 nitrogen and oxygen atoms in total. The van der Waals surface area contributed by atoms with Crippen LogP contribution in [-0.4, -0.2) is 40.4 Å². The second-order valence-corrected chi connectivity index (χ2v) is 6.88. The van der Waals surface area contributed by atoms with E-state index in [1.165, 1.54) is 6.92 Å². The fourth-order valence-electron chi connectivity index (χ4n) is 3.63. The molecule has 0 aromatic heterocycles. The number of amidine groups is 1. The molecule has 1 N–H and O–H groups in total. The first-order valence-electron chi connectivity index (χ1n) is 9.17. The van der Waals surface area contributed by atoms with Crippen LogP contribution < -0.4 is 5.32 Å². The number of alkyl halides is 3. The van der Waals surface area contributed by atoms with Crippen molar-refractivity contribution in [3.63, 3.8) is 0 Å². The van der Waals surface area contributed by atoms with Gasteiger partial charge in [-0.15, -0.1) is 0 Å². The standard InChI is InChI=1S/C19H22F3N3O2/c1-2-15(26)23-18(19(20,21)22)17(27)25(14-11-7-4-8-12-14)16(24-18)13-9-5-3-6-10-13/h3,5-6,9-10,14H,2,4,7-8,11-12H2,1H3,(H,23,26)/t18-/m0/s1. The molecule has 3 rings (SSSR count). The lowest BCUT2D eigenvalue weighted by molar-refractivity contribution is -0.200. The Balaban J connectivity index is 2.12. The monoisotopic (exact) mass is 381 g/mol. The van der Waals surface area contributed by atoms with Gasteiger partial charge >= 0.3 is 11.8 Å². The van der Waals surface area contributed by atoms with E-state index in [4.69, 9.17) is 0 Å². The Bertz CT molecular complexity index is 742. The number of nitrogens with one attached hydrogen (secondary N) is 1. The van der Waals surface area contributed by atoms with Crippen LogP contribution in [0.2, 0.25) is 0 Å². The van der Waals surface area contributed by atoms with Crippen molar-refractivity contribution < 1.29 is 22.8 Å². The molecule has 0 radical (unpaired) electrons. The van der Waals surface area contributed by atoms with Crippen LogP contribution in [0.25, 0.3) is 0 Å². The molecular formula is C19H22F3N3O2. The van der Waals surface area contributed by atoms with E-state index in [2.05, 4.69) is 4.99 Å². The van der Waals surface area contributed by atoms with Crippen molar-refractivity contribution in [1.82, 2.24) is 10.2 Å². The van der Waals surface area contributed by atoms with E-state index in [1.54, 1.807) is 30.3 Å². The largest absolute Gasteiger partial charge is 0.442 e. The first kappa shape index (κ1) is 19.4. The van der Waals surface area contributed by atoms with Crippen molar-refractivity contribution in [2.75, 3.05) is 0 Å². The SMILES string of the molecule is CCC(=O)N[C@]1(C(F)(F)F)N=C(c2ccccc2)N(C2CCCCC2)C1=O. The highest BCUT2D eigenvalue weighted by molar-refractivity contribution is 6.16. The second kappa shape index (κ2) is 7.32. The number of rotatable bonds is 4. The highest BCUT2D eigenvalue weighted by Crippen LogP contribution is 2.40. The third-order valence-electron chi connectivity index (χ3n) is 5.05. The van der Waals surface area contributed by atoms with Gasteiger partial charge in [-0.3, -0.25) is 14.5 Å². The van der Waals surface area contributed by atoms with Crippen LogP contribution in [0.3, 0.4) is 0 Å². The highest BCUT2D eigenvalue weighted by Gasteiger charge is 2.67. The van der Waals surface area contributed by atoms with E-state index in [-0.39, 0.29) is 18.3 Å². The summed E-state index contributed by atoms with van der Waals surface area (Å²) in [5.41, 5.74) is -2.84. The molecule has 0 unspecified atom stereocenters. The molecule has 0 saturated heterocycles. The van der Waals surface area contributed by atoms with E-state index in [1.807, 2.05) is 5.32 Å². The van der Waals surface area contributed by atoms with Gasteiger partial charge in [0.1, 0.15) is 5.84 Å². The second-order valence-electron chi connectivity index (χ2n) is 6.88. The van der Waals surface area contributed by atoms with Crippen molar-refractivity contribution in [3.8, 4) is 0 Å². The summed E-state index contributed by atoms with van der Waals surface area (Å²) in [5.74, 6) is -2.12. The van der Waals surface area contributed by atoms with Gasteiger partial charge in [-0.05, 0) is 12.8 Å². The Hall–Kier alpha value is -2.38. The number of hydrogen-bond acceptors (Lipinski definition) is 3. The summed E-state index contributed by atoms with van der Waals surface area (Å²) in [4.78, 5) is 29.9. The van der Waals surface area contributed by atoms with Gasteiger partial charge in [-0.25, -0.2) is 4.99 Å². The average Bonchev–Trinajstić information content (AvgIpc) is 2.96. The predicted molar refractivity (Wildman–Crippen MR) is 93.9 cm³/mol. The average molecular weight is 381 g/mol. The summed E-state index contributed by atoms with van der Waals surface area (Å²) in [5, 5.41) is 1.86. The molecule has 1 saturated carbocycles. The molecule has 1 aliphatic heterocycles. The molecule has 8 heteroatoms. The van der Waals surface area contributed by atoms with Gasteiger partial charge in [0.25, 0.3) is 5.91 Å². The van der Waals surface area contributed by atoms with Crippen molar-refractivity contribution in [2.24, 2.45) is 4.99 Å².